The number of aryl methyl sites for hydroxylation is 3. The third kappa shape index (κ3) is 3.32. The first kappa shape index (κ1) is 16.7. The van der Waals surface area contributed by atoms with Crippen LogP contribution in [0, 0.1) is 6.92 Å². The van der Waals surface area contributed by atoms with Gasteiger partial charge in [0, 0.05) is 16.6 Å². The number of nitrogens with zero attached hydrogens (tertiary/aromatic N) is 1. The third-order valence-electron chi connectivity index (χ3n) is 4.67. The minimum atomic E-state index is -0.447. The van der Waals surface area contributed by atoms with Gasteiger partial charge in [-0.15, -0.1) is 11.3 Å². The summed E-state index contributed by atoms with van der Waals surface area (Å²) in [4.78, 5) is 31.4. The van der Waals surface area contributed by atoms with E-state index in [9.17, 15) is 9.59 Å². The molecule has 1 amide bonds. The Balaban J connectivity index is 1.55. The molecule has 0 atom stereocenters. The van der Waals surface area contributed by atoms with Crippen molar-refractivity contribution in [3.05, 3.63) is 68.4 Å². The number of rotatable bonds is 3. The predicted molar refractivity (Wildman–Crippen MR) is 104 cm³/mol. The standard InChI is InChI=1S/C20H19N3O2S/c1-12-6-9-16(18(24)21-12)19(25)23-20-22-17(11-26-20)15-8-7-13-4-2-3-5-14(13)10-15/h6-11H,2-5H2,1H3,(H,21,24)(H,22,23,25). The van der Waals surface area contributed by atoms with Crippen molar-refractivity contribution in [3.8, 4) is 11.3 Å². The predicted octanol–water partition coefficient (Wildman–Crippen LogP) is 3.94. The first-order valence-electron chi connectivity index (χ1n) is 8.69. The molecular formula is C20H19N3O2S. The zero-order valence-electron chi connectivity index (χ0n) is 14.5. The van der Waals surface area contributed by atoms with Crippen molar-refractivity contribution in [1.82, 2.24) is 9.97 Å². The van der Waals surface area contributed by atoms with Gasteiger partial charge in [0.25, 0.3) is 11.5 Å². The lowest BCUT2D eigenvalue weighted by atomic mass is 9.90. The lowest BCUT2D eigenvalue weighted by molar-refractivity contribution is 0.102. The van der Waals surface area contributed by atoms with Crippen molar-refractivity contribution < 1.29 is 4.79 Å². The summed E-state index contributed by atoms with van der Waals surface area (Å²) in [6.45, 7) is 1.77. The van der Waals surface area contributed by atoms with Crippen LogP contribution in [0.1, 0.15) is 40.0 Å². The molecule has 0 bridgehead atoms. The zero-order valence-corrected chi connectivity index (χ0v) is 15.3. The van der Waals surface area contributed by atoms with Crippen LogP contribution in [0.3, 0.4) is 0 Å². The normalized spacial score (nSPS) is 13.3. The van der Waals surface area contributed by atoms with Crippen LogP contribution in [-0.4, -0.2) is 15.9 Å². The van der Waals surface area contributed by atoms with E-state index in [2.05, 4.69) is 33.5 Å². The van der Waals surface area contributed by atoms with Gasteiger partial charge in [0.1, 0.15) is 5.56 Å². The summed E-state index contributed by atoms with van der Waals surface area (Å²) < 4.78 is 0. The van der Waals surface area contributed by atoms with Crippen molar-refractivity contribution in [2.24, 2.45) is 0 Å². The Labute approximate surface area is 155 Å². The molecule has 0 saturated heterocycles. The number of fused-ring (bicyclic) bond motifs is 1. The fraction of sp³-hybridized carbons (Fsp3) is 0.250. The fourth-order valence-electron chi connectivity index (χ4n) is 3.27. The minimum absolute atomic E-state index is 0.0844. The zero-order chi connectivity index (χ0) is 18.1. The Bertz CT molecular complexity index is 1040. The van der Waals surface area contributed by atoms with Gasteiger partial charge in [0.2, 0.25) is 0 Å². The van der Waals surface area contributed by atoms with Gasteiger partial charge in [0.15, 0.2) is 5.13 Å². The smallest absolute Gasteiger partial charge is 0.263 e. The molecule has 26 heavy (non-hydrogen) atoms. The molecule has 0 unspecified atom stereocenters. The number of nitrogens with one attached hydrogen (secondary N) is 2. The number of aromatic nitrogens is 2. The number of pyridine rings is 1. The second-order valence-electron chi connectivity index (χ2n) is 6.57. The maximum absolute atomic E-state index is 12.3. The number of hydrogen-bond acceptors (Lipinski definition) is 4. The number of aromatic amines is 1. The first-order valence-corrected chi connectivity index (χ1v) is 9.57. The Morgan fingerprint density at radius 1 is 1.15 bits per heavy atom. The summed E-state index contributed by atoms with van der Waals surface area (Å²) >= 11 is 1.36. The molecule has 0 fully saturated rings. The number of amides is 1. The van der Waals surface area contributed by atoms with Crippen molar-refractivity contribution in [2.75, 3.05) is 5.32 Å². The molecule has 2 aromatic heterocycles. The summed E-state index contributed by atoms with van der Waals surface area (Å²) in [6.07, 6.45) is 4.77. The number of carbonyl (C=O) groups excluding carboxylic acids is 1. The molecule has 1 aliphatic carbocycles. The molecule has 132 valence electrons. The SMILES string of the molecule is Cc1ccc(C(=O)Nc2nc(-c3ccc4c(c3)CCCC4)cs2)c(=O)[nH]1. The van der Waals surface area contributed by atoms with Gasteiger partial charge in [-0.2, -0.15) is 0 Å². The van der Waals surface area contributed by atoms with E-state index in [-0.39, 0.29) is 5.56 Å². The van der Waals surface area contributed by atoms with Crippen LogP contribution in [0.15, 0.2) is 40.5 Å². The Kier molecular flexibility index (Phi) is 4.42. The molecule has 1 aromatic carbocycles. The Morgan fingerprint density at radius 2 is 1.96 bits per heavy atom. The van der Waals surface area contributed by atoms with E-state index in [0.29, 0.717) is 5.13 Å². The highest BCUT2D eigenvalue weighted by Crippen LogP contribution is 2.29. The summed E-state index contributed by atoms with van der Waals surface area (Å²) in [7, 11) is 0. The summed E-state index contributed by atoms with van der Waals surface area (Å²) in [6, 6.07) is 9.72. The molecule has 6 heteroatoms. The Hall–Kier alpha value is -2.73. The molecular weight excluding hydrogens is 346 g/mol. The average molecular weight is 365 g/mol. The molecule has 1 aliphatic rings. The van der Waals surface area contributed by atoms with E-state index in [1.807, 2.05) is 5.38 Å². The number of carbonyl (C=O) groups is 1. The first-order chi connectivity index (χ1) is 12.6. The van der Waals surface area contributed by atoms with Gasteiger partial charge in [-0.25, -0.2) is 4.98 Å². The minimum Gasteiger partial charge on any atom is -0.326 e. The number of thiazole rings is 1. The van der Waals surface area contributed by atoms with Gasteiger partial charge < -0.3 is 4.98 Å². The maximum Gasteiger partial charge on any atom is 0.263 e. The van der Waals surface area contributed by atoms with Gasteiger partial charge in [-0.3, -0.25) is 14.9 Å². The van der Waals surface area contributed by atoms with E-state index < -0.39 is 11.5 Å². The fourth-order valence-corrected chi connectivity index (χ4v) is 3.99. The highest BCUT2D eigenvalue weighted by Gasteiger charge is 2.15. The summed E-state index contributed by atoms with van der Waals surface area (Å²) in [5.41, 5.74) is 5.15. The lowest BCUT2D eigenvalue weighted by Crippen LogP contribution is -2.23. The van der Waals surface area contributed by atoms with Crippen LogP contribution in [0.4, 0.5) is 5.13 Å². The van der Waals surface area contributed by atoms with E-state index >= 15 is 0 Å². The van der Waals surface area contributed by atoms with Crippen molar-refractivity contribution in [2.45, 2.75) is 32.6 Å². The van der Waals surface area contributed by atoms with Crippen molar-refractivity contribution >= 4 is 22.4 Å². The van der Waals surface area contributed by atoms with Crippen molar-refractivity contribution in [3.63, 3.8) is 0 Å². The molecule has 0 aliphatic heterocycles. The van der Waals surface area contributed by atoms with Gasteiger partial charge >= 0.3 is 0 Å². The second-order valence-corrected chi connectivity index (χ2v) is 7.42. The molecule has 0 radical (unpaired) electrons. The van der Waals surface area contributed by atoms with Gasteiger partial charge in [-0.05, 0) is 61.9 Å². The molecule has 5 nitrogen and oxygen atoms in total. The summed E-state index contributed by atoms with van der Waals surface area (Å²) in [5.74, 6) is -0.447. The van der Waals surface area contributed by atoms with Gasteiger partial charge in [-0.1, -0.05) is 12.1 Å². The highest BCUT2D eigenvalue weighted by molar-refractivity contribution is 7.14. The van der Waals surface area contributed by atoms with Crippen LogP contribution in [0.25, 0.3) is 11.3 Å². The number of hydrogen-bond donors (Lipinski definition) is 2. The Morgan fingerprint density at radius 3 is 2.77 bits per heavy atom. The summed E-state index contributed by atoms with van der Waals surface area (Å²) in [5, 5.41) is 5.14. The lowest BCUT2D eigenvalue weighted by Gasteiger charge is -2.16. The highest BCUT2D eigenvalue weighted by atomic mass is 32.1. The number of H-pyrrole nitrogens is 1. The van der Waals surface area contributed by atoms with E-state index in [4.69, 9.17) is 0 Å². The maximum atomic E-state index is 12.3. The van der Waals surface area contributed by atoms with Crippen LogP contribution in [-0.2, 0) is 12.8 Å². The third-order valence-corrected chi connectivity index (χ3v) is 5.43. The van der Waals surface area contributed by atoms with E-state index in [0.717, 1.165) is 29.8 Å². The monoisotopic (exact) mass is 365 g/mol. The van der Waals surface area contributed by atoms with E-state index in [1.165, 1.54) is 41.4 Å². The second kappa shape index (κ2) is 6.88. The quantitative estimate of drug-likeness (QED) is 0.738. The number of benzene rings is 1. The molecule has 0 spiro atoms. The largest absolute Gasteiger partial charge is 0.326 e. The van der Waals surface area contributed by atoms with Crippen molar-refractivity contribution in [1.29, 1.82) is 0 Å². The van der Waals surface area contributed by atoms with Crippen LogP contribution in [0.5, 0.6) is 0 Å². The molecule has 3 aromatic rings. The molecule has 4 rings (SSSR count). The average Bonchev–Trinajstić information content (AvgIpc) is 3.09. The molecule has 2 N–H and O–H groups in total. The van der Waals surface area contributed by atoms with E-state index in [1.54, 1.807) is 13.0 Å². The van der Waals surface area contributed by atoms with Crippen LogP contribution < -0.4 is 10.9 Å². The van der Waals surface area contributed by atoms with Gasteiger partial charge in [0.05, 0.1) is 5.69 Å². The van der Waals surface area contributed by atoms with Crippen LogP contribution in [0.2, 0.25) is 0 Å². The molecule has 0 saturated carbocycles. The van der Waals surface area contributed by atoms with Crippen LogP contribution >= 0.6 is 11.3 Å². The molecule has 2 heterocycles. The number of anilines is 1. The topological polar surface area (TPSA) is 74.8 Å².